The molecule has 0 aromatic heterocycles. The summed E-state index contributed by atoms with van der Waals surface area (Å²) in [5.41, 5.74) is 3.91. The van der Waals surface area contributed by atoms with Gasteiger partial charge in [-0.2, -0.15) is 0 Å². The lowest BCUT2D eigenvalue weighted by atomic mass is 9.85. The van der Waals surface area contributed by atoms with Crippen LogP contribution in [-0.2, 0) is 13.0 Å². The molecule has 2 atom stereocenters. The molecule has 2 heteroatoms. The standard InChI is InChI=1S/C13H16FN/c1-2-12-11-4-3-8-5-10(14)6-9(7-15-12)13(8)11/h5-6,11-12,15H,2-4,7H2,1H3. The summed E-state index contributed by atoms with van der Waals surface area (Å²) in [5, 5.41) is 3.52. The van der Waals surface area contributed by atoms with Gasteiger partial charge in [0.05, 0.1) is 0 Å². The molecule has 2 unspecified atom stereocenters. The van der Waals surface area contributed by atoms with E-state index in [0.29, 0.717) is 12.0 Å². The first kappa shape index (κ1) is 9.34. The van der Waals surface area contributed by atoms with E-state index in [9.17, 15) is 4.39 Å². The van der Waals surface area contributed by atoms with Gasteiger partial charge in [0.25, 0.3) is 0 Å². The Labute approximate surface area is 89.7 Å². The quantitative estimate of drug-likeness (QED) is 0.743. The average molecular weight is 205 g/mol. The van der Waals surface area contributed by atoms with Gasteiger partial charge < -0.3 is 5.32 Å². The van der Waals surface area contributed by atoms with Crippen LogP contribution in [0.4, 0.5) is 4.39 Å². The number of nitrogens with one attached hydrogen (secondary N) is 1. The van der Waals surface area contributed by atoms with Crippen molar-refractivity contribution in [3.8, 4) is 0 Å². The lowest BCUT2D eigenvalue weighted by molar-refractivity contribution is 0.391. The number of hydrogen-bond acceptors (Lipinski definition) is 1. The van der Waals surface area contributed by atoms with Crippen molar-refractivity contribution in [1.29, 1.82) is 0 Å². The number of hydrogen-bond donors (Lipinski definition) is 1. The van der Waals surface area contributed by atoms with Crippen molar-refractivity contribution in [3.63, 3.8) is 0 Å². The van der Waals surface area contributed by atoms with Crippen molar-refractivity contribution in [2.45, 2.75) is 44.7 Å². The summed E-state index contributed by atoms with van der Waals surface area (Å²) in [6.07, 6.45) is 3.42. The van der Waals surface area contributed by atoms with Crippen LogP contribution in [0, 0.1) is 5.82 Å². The highest BCUT2D eigenvalue weighted by molar-refractivity contribution is 5.44. The zero-order chi connectivity index (χ0) is 10.4. The van der Waals surface area contributed by atoms with E-state index < -0.39 is 0 Å². The Morgan fingerprint density at radius 3 is 3.00 bits per heavy atom. The van der Waals surface area contributed by atoms with Gasteiger partial charge >= 0.3 is 0 Å². The molecule has 0 fully saturated rings. The molecule has 1 N–H and O–H groups in total. The zero-order valence-electron chi connectivity index (χ0n) is 9.02. The van der Waals surface area contributed by atoms with E-state index in [2.05, 4.69) is 12.2 Å². The van der Waals surface area contributed by atoms with Crippen LogP contribution in [0.15, 0.2) is 12.1 Å². The largest absolute Gasteiger partial charge is 0.309 e. The monoisotopic (exact) mass is 205 g/mol. The molecule has 1 aromatic rings. The van der Waals surface area contributed by atoms with Gasteiger partial charge in [-0.1, -0.05) is 6.92 Å². The third-order valence-corrected chi connectivity index (χ3v) is 3.89. The molecule has 3 rings (SSSR count). The van der Waals surface area contributed by atoms with Gasteiger partial charge in [0.1, 0.15) is 5.82 Å². The Bertz CT molecular complexity index is 400. The van der Waals surface area contributed by atoms with Gasteiger partial charge in [0.15, 0.2) is 0 Å². The number of aryl methyl sites for hydroxylation is 1. The second-order valence-corrected chi connectivity index (χ2v) is 4.68. The number of rotatable bonds is 1. The topological polar surface area (TPSA) is 12.0 Å². The lowest BCUT2D eigenvalue weighted by Gasteiger charge is -2.31. The maximum absolute atomic E-state index is 13.3. The van der Waals surface area contributed by atoms with Gasteiger partial charge in [-0.15, -0.1) is 0 Å². The predicted octanol–water partition coefficient (Wildman–Crippen LogP) is 2.74. The van der Waals surface area contributed by atoms with Crippen molar-refractivity contribution in [1.82, 2.24) is 5.32 Å². The van der Waals surface area contributed by atoms with Crippen molar-refractivity contribution < 1.29 is 4.39 Å². The molecule has 0 amide bonds. The third kappa shape index (κ3) is 1.31. The van der Waals surface area contributed by atoms with E-state index in [4.69, 9.17) is 0 Å². The molecule has 15 heavy (non-hydrogen) atoms. The first-order valence-corrected chi connectivity index (χ1v) is 5.84. The minimum absolute atomic E-state index is 0.0684. The molecule has 0 saturated carbocycles. The first-order chi connectivity index (χ1) is 7.29. The highest BCUT2D eigenvalue weighted by Gasteiger charge is 2.34. The fourth-order valence-corrected chi connectivity index (χ4v) is 3.24. The van der Waals surface area contributed by atoms with Crippen LogP contribution in [0.5, 0.6) is 0 Å². The van der Waals surface area contributed by atoms with Gasteiger partial charge in [-0.3, -0.25) is 0 Å². The highest BCUT2D eigenvalue weighted by atomic mass is 19.1. The molecule has 1 aliphatic carbocycles. The summed E-state index contributed by atoms with van der Waals surface area (Å²) in [6, 6.07) is 4.04. The molecule has 80 valence electrons. The maximum Gasteiger partial charge on any atom is 0.123 e. The Balaban J connectivity index is 2.11. The Morgan fingerprint density at radius 1 is 1.40 bits per heavy atom. The Kier molecular flexibility index (Phi) is 2.06. The van der Waals surface area contributed by atoms with Crippen molar-refractivity contribution in [3.05, 3.63) is 34.6 Å². The van der Waals surface area contributed by atoms with E-state index >= 15 is 0 Å². The van der Waals surface area contributed by atoms with Crippen molar-refractivity contribution in [2.24, 2.45) is 0 Å². The van der Waals surface area contributed by atoms with E-state index in [1.807, 2.05) is 0 Å². The SMILES string of the molecule is CCC1NCc2cc(F)cc3c2C1CC3. The fourth-order valence-electron chi connectivity index (χ4n) is 3.24. The highest BCUT2D eigenvalue weighted by Crippen LogP contribution is 2.41. The van der Waals surface area contributed by atoms with Crippen LogP contribution in [0.3, 0.4) is 0 Å². The zero-order valence-corrected chi connectivity index (χ0v) is 9.02. The third-order valence-electron chi connectivity index (χ3n) is 3.89. The minimum Gasteiger partial charge on any atom is -0.309 e. The first-order valence-electron chi connectivity index (χ1n) is 5.84. The van der Waals surface area contributed by atoms with Crippen LogP contribution in [0.2, 0.25) is 0 Å². The smallest absolute Gasteiger partial charge is 0.123 e. The molecular formula is C13H16FN. The molecule has 0 bridgehead atoms. The molecular weight excluding hydrogens is 189 g/mol. The minimum atomic E-state index is -0.0684. The van der Waals surface area contributed by atoms with Crippen LogP contribution >= 0.6 is 0 Å². The van der Waals surface area contributed by atoms with E-state index in [1.54, 1.807) is 12.1 Å². The summed E-state index contributed by atoms with van der Waals surface area (Å²) in [5.74, 6) is 0.565. The molecule has 2 aliphatic rings. The molecule has 0 radical (unpaired) electrons. The molecule has 1 nitrogen and oxygen atoms in total. The van der Waals surface area contributed by atoms with E-state index in [0.717, 1.165) is 13.0 Å². The second kappa shape index (κ2) is 3.31. The van der Waals surface area contributed by atoms with Crippen LogP contribution < -0.4 is 5.32 Å². The number of halogens is 1. The number of benzene rings is 1. The van der Waals surface area contributed by atoms with Gasteiger partial charge in [-0.25, -0.2) is 4.39 Å². The maximum atomic E-state index is 13.3. The van der Waals surface area contributed by atoms with Crippen LogP contribution in [0.25, 0.3) is 0 Å². The molecule has 0 saturated heterocycles. The Hall–Kier alpha value is -0.890. The normalized spacial score (nSPS) is 27.9. The summed E-state index contributed by atoms with van der Waals surface area (Å²) < 4.78 is 13.3. The average Bonchev–Trinajstić information content (AvgIpc) is 2.64. The lowest BCUT2D eigenvalue weighted by Crippen LogP contribution is -2.37. The van der Waals surface area contributed by atoms with Crippen molar-refractivity contribution in [2.75, 3.05) is 0 Å². The summed E-state index contributed by atoms with van der Waals surface area (Å²) in [4.78, 5) is 0. The molecule has 1 aromatic carbocycles. The molecule has 1 aliphatic heterocycles. The summed E-state index contributed by atoms with van der Waals surface area (Å²) in [7, 11) is 0. The predicted molar refractivity (Wildman–Crippen MR) is 58.4 cm³/mol. The summed E-state index contributed by atoms with van der Waals surface area (Å²) >= 11 is 0. The molecule has 1 heterocycles. The van der Waals surface area contributed by atoms with Gasteiger partial charge in [0, 0.05) is 18.5 Å². The van der Waals surface area contributed by atoms with Gasteiger partial charge in [-0.05, 0) is 48.1 Å². The van der Waals surface area contributed by atoms with Gasteiger partial charge in [0.2, 0.25) is 0 Å². The molecule has 0 spiro atoms. The summed E-state index contributed by atoms with van der Waals surface area (Å²) in [6.45, 7) is 3.07. The van der Waals surface area contributed by atoms with Crippen molar-refractivity contribution >= 4 is 0 Å². The fraction of sp³-hybridized carbons (Fsp3) is 0.538. The Morgan fingerprint density at radius 2 is 2.20 bits per heavy atom. The van der Waals surface area contributed by atoms with Crippen LogP contribution in [0.1, 0.15) is 42.4 Å². The van der Waals surface area contributed by atoms with E-state index in [-0.39, 0.29) is 5.82 Å². The van der Waals surface area contributed by atoms with Crippen LogP contribution in [-0.4, -0.2) is 6.04 Å². The second-order valence-electron chi connectivity index (χ2n) is 4.68. The van der Waals surface area contributed by atoms with E-state index in [1.165, 1.54) is 29.5 Å².